The third kappa shape index (κ3) is 5.81. The number of nitrogens with zero attached hydrogens (tertiary/aromatic N) is 5. The first-order chi connectivity index (χ1) is 21.6. The number of carbonyl (C=O) groups is 3. The van der Waals surface area contributed by atoms with E-state index in [0.717, 1.165) is 38.7 Å². The molecule has 0 radical (unpaired) electrons. The van der Waals surface area contributed by atoms with Crippen LogP contribution in [0.25, 0.3) is 10.9 Å². The molecule has 2 saturated heterocycles. The number of aromatic nitrogens is 1. The Labute approximate surface area is 262 Å². The Morgan fingerprint density at radius 1 is 0.978 bits per heavy atom. The van der Waals surface area contributed by atoms with Gasteiger partial charge in [0.25, 0.3) is 0 Å². The van der Waals surface area contributed by atoms with Gasteiger partial charge < -0.3 is 20.2 Å². The van der Waals surface area contributed by atoms with E-state index in [1.165, 1.54) is 0 Å². The van der Waals surface area contributed by atoms with Crippen molar-refractivity contribution in [2.75, 3.05) is 13.6 Å². The van der Waals surface area contributed by atoms with Crippen LogP contribution in [0.5, 0.6) is 5.75 Å². The average Bonchev–Trinajstić information content (AvgIpc) is 3.01. The Morgan fingerprint density at radius 3 is 2.44 bits per heavy atom. The van der Waals surface area contributed by atoms with Crippen LogP contribution in [-0.2, 0) is 29.1 Å². The maximum atomic E-state index is 14.5. The highest BCUT2D eigenvalue weighted by atomic mass is 16.3. The monoisotopic (exact) mass is 606 g/mol. The van der Waals surface area contributed by atoms with Gasteiger partial charge in [-0.15, -0.1) is 0 Å². The maximum absolute atomic E-state index is 14.5. The number of rotatable bonds is 6. The minimum atomic E-state index is -0.846. The first-order valence-electron chi connectivity index (χ1n) is 15.2. The number of aryl methyl sites for hydroxylation is 2. The Kier molecular flexibility index (Phi) is 8.16. The number of pyridine rings is 1. The number of benzene rings is 3. The molecule has 0 bridgehead atoms. The highest BCUT2D eigenvalue weighted by Gasteiger charge is 2.54. The molecule has 1 aromatic heterocycles. The van der Waals surface area contributed by atoms with E-state index in [9.17, 15) is 19.5 Å². The van der Waals surface area contributed by atoms with Gasteiger partial charge in [0, 0.05) is 38.1 Å². The number of hydrogen-bond donors (Lipinski definition) is 2. The highest BCUT2D eigenvalue weighted by Crippen LogP contribution is 2.34. The first-order valence-corrected chi connectivity index (χ1v) is 15.2. The largest absolute Gasteiger partial charge is 0.508 e. The number of hydrogen-bond acceptors (Lipinski definition) is 6. The molecule has 2 fully saturated rings. The summed E-state index contributed by atoms with van der Waals surface area (Å²) in [4.78, 5) is 50.0. The van der Waals surface area contributed by atoms with Crippen LogP contribution >= 0.6 is 0 Å². The fourth-order valence-electron chi connectivity index (χ4n) is 6.73. The second kappa shape index (κ2) is 12.2. The smallest absolute Gasteiger partial charge is 0.334 e. The number of amides is 4. The third-order valence-electron chi connectivity index (χ3n) is 8.98. The molecule has 0 spiro atoms. The van der Waals surface area contributed by atoms with Crippen LogP contribution in [-0.4, -0.2) is 79.6 Å². The second-order valence-corrected chi connectivity index (χ2v) is 12.0. The van der Waals surface area contributed by atoms with Crippen LogP contribution in [0.3, 0.4) is 0 Å². The summed E-state index contributed by atoms with van der Waals surface area (Å²) in [7, 11) is 1.73. The molecule has 10 heteroatoms. The predicted octanol–water partition coefficient (Wildman–Crippen LogP) is 4.13. The van der Waals surface area contributed by atoms with E-state index >= 15 is 0 Å². The molecule has 2 aliphatic rings. The molecule has 0 aliphatic carbocycles. The lowest BCUT2D eigenvalue weighted by molar-refractivity contribution is -0.196. The summed E-state index contributed by atoms with van der Waals surface area (Å²) in [5.41, 5.74) is 5.31. The van der Waals surface area contributed by atoms with E-state index in [1.54, 1.807) is 45.2 Å². The molecule has 2 aliphatic heterocycles. The van der Waals surface area contributed by atoms with E-state index in [0.29, 0.717) is 13.1 Å². The summed E-state index contributed by atoms with van der Waals surface area (Å²) in [6.45, 7) is 6.27. The lowest BCUT2D eigenvalue weighted by Gasteiger charge is -2.57. The van der Waals surface area contributed by atoms with Crippen molar-refractivity contribution in [1.29, 1.82) is 0 Å². The molecule has 3 aromatic carbocycles. The molecule has 3 atom stereocenters. The van der Waals surface area contributed by atoms with Crippen molar-refractivity contribution >= 4 is 28.7 Å². The fourth-order valence-corrected chi connectivity index (χ4v) is 6.73. The molecule has 6 rings (SSSR count). The lowest BCUT2D eigenvalue weighted by Crippen LogP contribution is -2.78. The normalized spacial score (nSPS) is 20.4. The second-order valence-electron chi connectivity index (χ2n) is 12.0. The van der Waals surface area contributed by atoms with Crippen LogP contribution < -0.4 is 5.32 Å². The number of aromatic hydroxyl groups is 1. The van der Waals surface area contributed by atoms with Gasteiger partial charge in [0.1, 0.15) is 18.0 Å². The van der Waals surface area contributed by atoms with Gasteiger partial charge in [0.2, 0.25) is 11.8 Å². The van der Waals surface area contributed by atoms with Gasteiger partial charge >= 0.3 is 6.03 Å². The molecule has 10 nitrogen and oxygen atoms in total. The lowest BCUT2D eigenvalue weighted by atomic mass is 9.91. The summed E-state index contributed by atoms with van der Waals surface area (Å²) in [5, 5.41) is 17.4. The number of hydrazine groups is 1. The van der Waals surface area contributed by atoms with Crippen molar-refractivity contribution in [2.45, 2.75) is 58.5 Å². The van der Waals surface area contributed by atoms with Crippen LogP contribution in [0, 0.1) is 13.8 Å². The zero-order valence-corrected chi connectivity index (χ0v) is 26.0. The molecular formula is C35H38N6O4. The van der Waals surface area contributed by atoms with Gasteiger partial charge in [-0.3, -0.25) is 14.6 Å². The van der Waals surface area contributed by atoms with E-state index in [1.807, 2.05) is 81.4 Å². The summed E-state index contributed by atoms with van der Waals surface area (Å²) < 4.78 is 0. The zero-order valence-electron chi connectivity index (χ0n) is 26.0. The quantitative estimate of drug-likeness (QED) is 0.342. The summed E-state index contributed by atoms with van der Waals surface area (Å²) in [5.74, 6) is -0.246. The fraction of sp³-hybridized carbons (Fsp3) is 0.314. The third-order valence-corrected chi connectivity index (χ3v) is 8.98. The van der Waals surface area contributed by atoms with E-state index < -0.39 is 18.2 Å². The van der Waals surface area contributed by atoms with Crippen molar-refractivity contribution in [1.82, 2.24) is 30.1 Å². The standard InChI is InChI=1S/C35H38N6O4/c1-22-15-28(42)16-23(2)29(22)18-31-34(44)39(20-26-12-13-30-27(17-26)11-8-14-36-30)24(3)33-40(31)32(43)21-38(4)41(33)35(45)37-19-25-9-6-5-7-10-25/h5-17,24,31,33,42H,18-21H2,1-4H3,(H,37,45)/t24-,31-,33?/m0/s1. The van der Waals surface area contributed by atoms with Gasteiger partial charge in [-0.2, -0.15) is 0 Å². The van der Waals surface area contributed by atoms with E-state index in [2.05, 4.69) is 10.3 Å². The van der Waals surface area contributed by atoms with Gasteiger partial charge in [0.15, 0.2) is 0 Å². The van der Waals surface area contributed by atoms with Crippen molar-refractivity contribution in [2.24, 2.45) is 0 Å². The molecule has 232 valence electrons. The number of phenols is 1. The molecule has 45 heavy (non-hydrogen) atoms. The average molecular weight is 607 g/mol. The molecule has 4 aromatic rings. The number of carbonyl (C=O) groups excluding carboxylic acids is 3. The van der Waals surface area contributed by atoms with Crippen LogP contribution in [0.4, 0.5) is 4.79 Å². The molecule has 1 unspecified atom stereocenters. The molecule has 4 amide bonds. The number of urea groups is 1. The van der Waals surface area contributed by atoms with Crippen LogP contribution in [0.15, 0.2) is 79.0 Å². The molecule has 3 heterocycles. The van der Waals surface area contributed by atoms with Gasteiger partial charge in [-0.05, 0) is 78.9 Å². The van der Waals surface area contributed by atoms with Crippen molar-refractivity contribution in [3.8, 4) is 5.75 Å². The molecular weight excluding hydrogens is 568 g/mol. The number of phenolic OH excluding ortho intramolecular Hbond substituents is 1. The number of piperazine rings is 1. The van der Waals surface area contributed by atoms with Crippen LogP contribution in [0.2, 0.25) is 0 Å². The first kappa shape index (κ1) is 30.1. The SMILES string of the molecule is Cc1cc(O)cc(C)c1C[C@H]1C(=O)N(Cc2ccc3ncccc3c2)[C@@H](C)C2N1C(=O)CN(C)N2C(=O)NCc1ccccc1. The molecule has 2 N–H and O–H groups in total. The highest BCUT2D eigenvalue weighted by molar-refractivity contribution is 5.92. The summed E-state index contributed by atoms with van der Waals surface area (Å²) in [6.07, 6.45) is 1.26. The Balaban J connectivity index is 1.39. The van der Waals surface area contributed by atoms with Crippen molar-refractivity contribution < 1.29 is 19.5 Å². The minimum Gasteiger partial charge on any atom is -0.508 e. The number of nitrogens with one attached hydrogen (secondary N) is 1. The van der Waals surface area contributed by atoms with E-state index in [-0.39, 0.29) is 36.6 Å². The maximum Gasteiger partial charge on any atom is 0.334 e. The van der Waals surface area contributed by atoms with Gasteiger partial charge in [-0.1, -0.05) is 42.5 Å². The van der Waals surface area contributed by atoms with Crippen molar-refractivity contribution in [3.63, 3.8) is 0 Å². The van der Waals surface area contributed by atoms with E-state index in [4.69, 9.17) is 0 Å². The predicted molar refractivity (Wildman–Crippen MR) is 171 cm³/mol. The minimum absolute atomic E-state index is 0.0447. The Morgan fingerprint density at radius 2 is 1.71 bits per heavy atom. The van der Waals surface area contributed by atoms with Crippen molar-refractivity contribution in [3.05, 3.63) is 107 Å². The number of fused-ring (bicyclic) bond motifs is 2. The summed E-state index contributed by atoms with van der Waals surface area (Å²) in [6, 6.07) is 21.1. The van der Waals surface area contributed by atoms with Gasteiger partial charge in [0.05, 0.1) is 18.1 Å². The topological polar surface area (TPSA) is 109 Å². The Hall–Kier alpha value is -4.96. The van der Waals surface area contributed by atoms with Gasteiger partial charge in [-0.25, -0.2) is 14.8 Å². The Bertz CT molecular complexity index is 1740. The molecule has 0 saturated carbocycles. The number of likely N-dealkylation sites (N-methyl/N-ethyl adjacent to an activating group) is 1. The van der Waals surface area contributed by atoms with Crippen LogP contribution in [0.1, 0.15) is 34.7 Å². The summed E-state index contributed by atoms with van der Waals surface area (Å²) >= 11 is 0. The zero-order chi connectivity index (χ0) is 31.8.